The third-order valence-electron chi connectivity index (χ3n) is 15.0. The molecule has 0 atom stereocenters. The Labute approximate surface area is 366 Å². The molecule has 8 heterocycles. The number of para-hydroxylation sites is 4. The first-order chi connectivity index (χ1) is 31.8. The van der Waals surface area contributed by atoms with Crippen molar-refractivity contribution in [3.8, 4) is 45.5 Å². The first-order valence-corrected chi connectivity index (χ1v) is 22.1. The highest BCUT2D eigenvalue weighted by atomic mass is 16.5. The summed E-state index contributed by atoms with van der Waals surface area (Å²) < 4.78 is 13.8. The second-order valence-corrected chi connectivity index (χ2v) is 17.9. The fourth-order valence-corrected chi connectivity index (χ4v) is 12.5. The number of hydrogen-bond donors (Lipinski definition) is 0. The van der Waals surface area contributed by atoms with Gasteiger partial charge in [-0.05, 0) is 110 Å². The van der Waals surface area contributed by atoms with Crippen LogP contribution in [0, 0.1) is 0 Å². The molecule has 0 saturated carbocycles. The summed E-state index contributed by atoms with van der Waals surface area (Å²) in [5, 5.41) is 7.04. The molecule has 8 heteroatoms. The molecule has 9 aromatic carbocycles. The second kappa shape index (κ2) is 11.0. The minimum absolute atomic E-state index is 0.0870. The average Bonchev–Trinajstić information content (AvgIpc) is 3.35. The van der Waals surface area contributed by atoms with Crippen molar-refractivity contribution in [2.45, 2.75) is 0 Å². The van der Waals surface area contributed by atoms with Gasteiger partial charge in [-0.25, -0.2) is 9.97 Å². The molecule has 0 N–H and O–H groups in total. The van der Waals surface area contributed by atoms with Crippen LogP contribution in [-0.4, -0.2) is 23.4 Å². The lowest BCUT2D eigenvalue weighted by Gasteiger charge is -2.47. The maximum Gasteiger partial charge on any atom is 0.256 e. The summed E-state index contributed by atoms with van der Waals surface area (Å²) in [4.78, 5) is 16.0. The molecule has 0 amide bonds. The minimum atomic E-state index is -0.0870. The van der Waals surface area contributed by atoms with E-state index in [0.29, 0.717) is 0 Å². The molecule has 0 saturated heterocycles. The van der Waals surface area contributed by atoms with E-state index in [1.165, 1.54) is 43.5 Å². The summed E-state index contributed by atoms with van der Waals surface area (Å²) in [6.07, 6.45) is 0. The van der Waals surface area contributed by atoms with E-state index in [2.05, 4.69) is 180 Å². The predicted molar refractivity (Wildman–Crippen MR) is 262 cm³/mol. The Balaban J connectivity index is 1.04. The molecule has 0 bridgehead atoms. The van der Waals surface area contributed by atoms with Crippen molar-refractivity contribution in [1.29, 1.82) is 0 Å². The van der Waals surface area contributed by atoms with Crippen molar-refractivity contribution >= 4 is 124 Å². The van der Waals surface area contributed by atoms with Gasteiger partial charge in [-0.3, -0.25) is 0 Å². The number of ether oxygens (including phenoxy) is 2. The third kappa shape index (κ3) is 3.66. The van der Waals surface area contributed by atoms with E-state index in [1.54, 1.807) is 0 Å². The molecular formula is C56H28B2N4O2. The second-order valence-electron chi connectivity index (χ2n) is 17.9. The van der Waals surface area contributed by atoms with E-state index < -0.39 is 0 Å². The van der Waals surface area contributed by atoms with Crippen molar-refractivity contribution in [3.05, 3.63) is 170 Å². The third-order valence-corrected chi connectivity index (χ3v) is 15.0. The standard InChI is InChI=1S/C56H28B2N4O2/c1-5-17-39-29(11-1)31-13-9-19-41-49(31)53(59-39)33-23-25-47-51-55(33)61(41)43-28-44-38(27-37(43)57(51)35-15-3-7-21-45(35)63-47)58-36-16-4-8-22-46(36)64-48-26-24-34-54-50-32(30-12-2-6-18-40(30)60-54)14-10-20-42(50)62(44)56(34)52(48)58/h1-28H. The highest BCUT2D eigenvalue weighted by molar-refractivity contribution is 7.02. The van der Waals surface area contributed by atoms with Crippen LogP contribution in [0.5, 0.6) is 23.0 Å². The van der Waals surface area contributed by atoms with Gasteiger partial charge in [0.05, 0.1) is 45.2 Å². The summed E-state index contributed by atoms with van der Waals surface area (Å²) in [6.45, 7) is -0.174. The highest BCUT2D eigenvalue weighted by Crippen LogP contribution is 2.57. The van der Waals surface area contributed by atoms with Crippen molar-refractivity contribution in [2.24, 2.45) is 0 Å². The Kier molecular flexibility index (Phi) is 5.56. The average molecular weight is 810 g/mol. The van der Waals surface area contributed by atoms with Gasteiger partial charge in [0, 0.05) is 44.0 Å². The zero-order valence-electron chi connectivity index (χ0n) is 33.9. The first kappa shape index (κ1) is 32.4. The Bertz CT molecular complexity index is 3830. The van der Waals surface area contributed by atoms with Gasteiger partial charge in [0.15, 0.2) is 0 Å². The van der Waals surface area contributed by atoms with Crippen LogP contribution in [0.25, 0.3) is 65.9 Å². The van der Waals surface area contributed by atoms with Crippen LogP contribution in [-0.2, 0) is 0 Å². The number of nitrogens with zero attached hydrogens (tertiary/aromatic N) is 4. The van der Waals surface area contributed by atoms with Gasteiger partial charge in [0.1, 0.15) is 23.0 Å². The smallest absolute Gasteiger partial charge is 0.256 e. The van der Waals surface area contributed by atoms with Crippen LogP contribution in [0.2, 0.25) is 0 Å². The van der Waals surface area contributed by atoms with Gasteiger partial charge in [-0.1, -0.05) is 103 Å². The van der Waals surface area contributed by atoms with E-state index in [9.17, 15) is 0 Å². The van der Waals surface area contributed by atoms with Gasteiger partial charge in [0.2, 0.25) is 0 Å². The number of benzene rings is 9. The number of aromatic nitrogens is 2. The van der Waals surface area contributed by atoms with Crippen LogP contribution in [0.3, 0.4) is 0 Å². The zero-order chi connectivity index (χ0) is 41.1. The Morgan fingerprint density at radius 2 is 0.812 bits per heavy atom. The molecule has 17 rings (SSSR count). The molecule has 64 heavy (non-hydrogen) atoms. The van der Waals surface area contributed by atoms with Crippen molar-refractivity contribution in [3.63, 3.8) is 0 Å². The molecule has 2 aromatic heterocycles. The highest BCUT2D eigenvalue weighted by Gasteiger charge is 2.50. The van der Waals surface area contributed by atoms with Gasteiger partial charge in [0.25, 0.3) is 13.4 Å². The zero-order valence-corrected chi connectivity index (χ0v) is 33.9. The molecule has 11 aromatic rings. The van der Waals surface area contributed by atoms with E-state index >= 15 is 0 Å². The van der Waals surface area contributed by atoms with Crippen LogP contribution in [0.1, 0.15) is 0 Å². The number of rotatable bonds is 0. The van der Waals surface area contributed by atoms with Gasteiger partial charge < -0.3 is 19.3 Å². The molecule has 6 nitrogen and oxygen atoms in total. The number of pyridine rings is 2. The summed E-state index contributed by atoms with van der Waals surface area (Å²) in [5.41, 5.74) is 20.3. The first-order valence-electron chi connectivity index (χ1n) is 22.1. The fraction of sp³-hybridized carbons (Fsp3) is 0. The number of fused-ring (bicyclic) bond motifs is 18. The van der Waals surface area contributed by atoms with Crippen molar-refractivity contribution < 1.29 is 9.47 Å². The molecule has 290 valence electrons. The SMILES string of the molecule is c1ccc2c(c1)Oc1ccc3c4c1B2c1cc2c(cc1N4c1cccc4c1c-3nc1ccccc14)N1c3c(ccc4c3B2c2ccccc2O4)-c2nc3ccccc3c3cccc1c23. The van der Waals surface area contributed by atoms with Crippen LogP contribution >= 0.6 is 0 Å². The lowest BCUT2D eigenvalue weighted by Crippen LogP contribution is -2.64. The molecule has 0 spiro atoms. The Morgan fingerprint density at radius 1 is 0.359 bits per heavy atom. The Hall–Kier alpha value is -8.35. The summed E-state index contributed by atoms with van der Waals surface area (Å²) in [7, 11) is 0. The maximum absolute atomic E-state index is 6.89. The van der Waals surface area contributed by atoms with Crippen LogP contribution < -0.4 is 52.1 Å². The molecule has 6 aliphatic rings. The molecule has 0 fully saturated rings. The summed E-state index contributed by atoms with van der Waals surface area (Å²) in [5.74, 6) is 3.57. The lowest BCUT2D eigenvalue weighted by molar-refractivity contribution is 0.487. The van der Waals surface area contributed by atoms with Crippen molar-refractivity contribution in [2.75, 3.05) is 9.80 Å². The maximum atomic E-state index is 6.89. The largest absolute Gasteiger partial charge is 0.458 e. The molecule has 6 aliphatic heterocycles. The quantitative estimate of drug-likeness (QED) is 0.112. The van der Waals surface area contributed by atoms with Crippen LogP contribution in [0.4, 0.5) is 34.1 Å². The number of hydrogen-bond acceptors (Lipinski definition) is 6. The van der Waals surface area contributed by atoms with Gasteiger partial charge in [-0.15, -0.1) is 0 Å². The minimum Gasteiger partial charge on any atom is -0.458 e. The predicted octanol–water partition coefficient (Wildman–Crippen LogP) is 9.86. The van der Waals surface area contributed by atoms with Gasteiger partial charge in [-0.2, -0.15) is 0 Å². The van der Waals surface area contributed by atoms with E-state index in [-0.39, 0.29) is 13.4 Å². The van der Waals surface area contributed by atoms with Crippen molar-refractivity contribution in [1.82, 2.24) is 9.97 Å². The summed E-state index contributed by atoms with van der Waals surface area (Å²) >= 11 is 0. The molecular weight excluding hydrogens is 782 g/mol. The normalized spacial score (nSPS) is 14.4. The monoisotopic (exact) mass is 810 g/mol. The van der Waals surface area contributed by atoms with Crippen LogP contribution in [0.15, 0.2) is 170 Å². The Morgan fingerprint density at radius 3 is 1.33 bits per heavy atom. The number of anilines is 6. The van der Waals surface area contributed by atoms with Gasteiger partial charge >= 0.3 is 0 Å². The topological polar surface area (TPSA) is 50.7 Å². The summed E-state index contributed by atoms with van der Waals surface area (Å²) in [6, 6.07) is 61.7. The lowest BCUT2D eigenvalue weighted by atomic mass is 9.30. The molecule has 0 aliphatic carbocycles. The van der Waals surface area contributed by atoms with E-state index in [4.69, 9.17) is 19.4 Å². The molecule has 0 radical (unpaired) electrons. The van der Waals surface area contributed by atoms with E-state index in [1.807, 2.05) is 0 Å². The fourth-order valence-electron chi connectivity index (χ4n) is 12.5. The molecule has 0 unspecified atom stereocenters. The van der Waals surface area contributed by atoms with E-state index in [0.717, 1.165) is 112 Å².